The number of nitrogens with one attached hydrogen (secondary N) is 2. The maximum Gasteiger partial charge on any atom is 0.278 e. The second-order valence-electron chi connectivity index (χ2n) is 4.09. The minimum absolute atomic E-state index is 0.424. The zero-order valence-electron chi connectivity index (χ0n) is 10.0. The van der Waals surface area contributed by atoms with Crippen LogP contribution in [0.3, 0.4) is 0 Å². The molecule has 96 valence electrons. The SMILES string of the molecule is CCNC(=O)[C@@]1(C)Oc2ccc(Cl)cc2NC1=O. The van der Waals surface area contributed by atoms with Gasteiger partial charge in [0.1, 0.15) is 5.75 Å². The van der Waals surface area contributed by atoms with Gasteiger partial charge in [0.15, 0.2) is 0 Å². The zero-order valence-corrected chi connectivity index (χ0v) is 10.8. The van der Waals surface area contributed by atoms with Crippen LogP contribution in [0.1, 0.15) is 13.8 Å². The number of hydrogen-bond donors (Lipinski definition) is 2. The number of rotatable bonds is 2. The zero-order chi connectivity index (χ0) is 13.3. The van der Waals surface area contributed by atoms with Gasteiger partial charge in [-0.05, 0) is 32.0 Å². The van der Waals surface area contributed by atoms with Crippen molar-refractivity contribution in [2.45, 2.75) is 19.4 Å². The smallest absolute Gasteiger partial charge is 0.278 e. The fourth-order valence-electron chi connectivity index (χ4n) is 1.68. The molecule has 1 heterocycles. The summed E-state index contributed by atoms with van der Waals surface area (Å²) in [6, 6.07) is 4.83. The molecule has 0 radical (unpaired) electrons. The molecule has 0 saturated carbocycles. The van der Waals surface area contributed by atoms with Crippen LogP contribution in [0.2, 0.25) is 5.02 Å². The van der Waals surface area contributed by atoms with Crippen LogP contribution in [0, 0.1) is 0 Å². The van der Waals surface area contributed by atoms with Crippen LogP contribution in [0.15, 0.2) is 18.2 Å². The predicted octanol–water partition coefficient (Wildman–Crippen LogP) is 1.57. The Kier molecular flexibility index (Phi) is 3.17. The Morgan fingerprint density at radius 2 is 2.28 bits per heavy atom. The monoisotopic (exact) mass is 268 g/mol. The topological polar surface area (TPSA) is 67.4 Å². The highest BCUT2D eigenvalue weighted by Gasteiger charge is 2.46. The van der Waals surface area contributed by atoms with E-state index in [0.29, 0.717) is 23.0 Å². The molecule has 1 aliphatic rings. The molecule has 0 aromatic heterocycles. The molecule has 0 spiro atoms. The van der Waals surface area contributed by atoms with Crippen LogP contribution < -0.4 is 15.4 Å². The lowest BCUT2D eigenvalue weighted by atomic mass is 10.0. The van der Waals surface area contributed by atoms with E-state index in [1.165, 1.54) is 6.92 Å². The minimum atomic E-state index is -1.56. The van der Waals surface area contributed by atoms with Crippen LogP contribution in [0.25, 0.3) is 0 Å². The standard InChI is InChI=1S/C12H13ClN2O3/c1-3-14-10(16)12(2)11(17)15-8-6-7(13)4-5-9(8)18-12/h4-6H,3H2,1-2H3,(H,14,16)(H,15,17)/t12-/m1/s1. The van der Waals surface area contributed by atoms with Crippen molar-refractivity contribution in [1.82, 2.24) is 5.32 Å². The first-order valence-electron chi connectivity index (χ1n) is 5.55. The summed E-state index contributed by atoms with van der Waals surface area (Å²) in [7, 11) is 0. The summed E-state index contributed by atoms with van der Waals surface area (Å²) in [6.45, 7) is 3.64. The molecule has 0 bridgehead atoms. The Bertz CT molecular complexity index is 518. The number of anilines is 1. The van der Waals surface area contributed by atoms with E-state index < -0.39 is 17.4 Å². The number of carbonyl (C=O) groups is 2. The highest BCUT2D eigenvalue weighted by atomic mass is 35.5. The van der Waals surface area contributed by atoms with Gasteiger partial charge in [-0.15, -0.1) is 0 Å². The average Bonchev–Trinajstić information content (AvgIpc) is 2.31. The van der Waals surface area contributed by atoms with Crippen LogP contribution in [0.4, 0.5) is 5.69 Å². The minimum Gasteiger partial charge on any atom is -0.466 e. The molecular formula is C12H13ClN2O3. The number of ether oxygens (including phenoxy) is 1. The third-order valence-corrected chi connectivity index (χ3v) is 2.94. The van der Waals surface area contributed by atoms with E-state index >= 15 is 0 Å². The fraction of sp³-hybridized carbons (Fsp3) is 0.333. The van der Waals surface area contributed by atoms with Crippen molar-refractivity contribution in [2.24, 2.45) is 0 Å². The molecule has 0 unspecified atom stereocenters. The molecule has 1 aliphatic heterocycles. The highest BCUT2D eigenvalue weighted by Crippen LogP contribution is 2.35. The number of likely N-dealkylation sites (N-methyl/N-ethyl adjacent to an activating group) is 1. The summed E-state index contributed by atoms with van der Waals surface area (Å²) in [4.78, 5) is 23.9. The Morgan fingerprint density at radius 3 is 2.94 bits per heavy atom. The molecule has 18 heavy (non-hydrogen) atoms. The van der Waals surface area contributed by atoms with Gasteiger partial charge >= 0.3 is 0 Å². The molecule has 2 amide bonds. The Balaban J connectivity index is 2.36. The first kappa shape index (κ1) is 12.7. The third-order valence-electron chi connectivity index (χ3n) is 2.71. The lowest BCUT2D eigenvalue weighted by molar-refractivity contribution is -0.146. The summed E-state index contributed by atoms with van der Waals surface area (Å²) in [5.74, 6) is -0.556. The van der Waals surface area contributed by atoms with E-state index in [4.69, 9.17) is 16.3 Å². The highest BCUT2D eigenvalue weighted by molar-refractivity contribution is 6.31. The number of carbonyl (C=O) groups excluding carboxylic acids is 2. The Morgan fingerprint density at radius 1 is 1.56 bits per heavy atom. The van der Waals surface area contributed by atoms with Gasteiger partial charge in [-0.1, -0.05) is 11.6 Å². The summed E-state index contributed by atoms with van der Waals surface area (Å²) >= 11 is 5.82. The maximum atomic E-state index is 12.0. The molecule has 0 fully saturated rings. The van der Waals surface area contributed by atoms with Crippen molar-refractivity contribution < 1.29 is 14.3 Å². The van der Waals surface area contributed by atoms with Crippen molar-refractivity contribution in [1.29, 1.82) is 0 Å². The van der Waals surface area contributed by atoms with Crippen molar-refractivity contribution >= 4 is 29.1 Å². The third kappa shape index (κ3) is 2.01. The Hall–Kier alpha value is -1.75. The van der Waals surface area contributed by atoms with Gasteiger partial charge in [-0.25, -0.2) is 0 Å². The molecular weight excluding hydrogens is 256 g/mol. The van der Waals surface area contributed by atoms with E-state index in [1.807, 2.05) is 0 Å². The number of amides is 2. The van der Waals surface area contributed by atoms with Crippen molar-refractivity contribution in [3.8, 4) is 5.75 Å². The van der Waals surface area contributed by atoms with Gasteiger partial charge in [-0.3, -0.25) is 9.59 Å². The summed E-state index contributed by atoms with van der Waals surface area (Å²) < 4.78 is 5.52. The summed E-state index contributed by atoms with van der Waals surface area (Å²) in [6.07, 6.45) is 0. The molecule has 2 N–H and O–H groups in total. The van der Waals surface area contributed by atoms with Crippen LogP contribution in [-0.2, 0) is 9.59 Å². The van der Waals surface area contributed by atoms with Crippen LogP contribution in [-0.4, -0.2) is 24.0 Å². The maximum absolute atomic E-state index is 12.0. The molecule has 1 aromatic carbocycles. The summed E-state index contributed by atoms with van der Waals surface area (Å²) in [5.41, 5.74) is -1.09. The van der Waals surface area contributed by atoms with Gasteiger partial charge in [0.05, 0.1) is 5.69 Å². The first-order chi connectivity index (χ1) is 8.47. The van der Waals surface area contributed by atoms with E-state index in [0.717, 1.165) is 0 Å². The average molecular weight is 269 g/mol. The van der Waals surface area contributed by atoms with Gasteiger partial charge in [0.25, 0.3) is 17.4 Å². The fourth-order valence-corrected chi connectivity index (χ4v) is 1.85. The first-order valence-corrected chi connectivity index (χ1v) is 5.93. The largest absolute Gasteiger partial charge is 0.466 e. The lowest BCUT2D eigenvalue weighted by Crippen LogP contribution is -2.58. The van der Waals surface area contributed by atoms with Gasteiger partial charge in [0, 0.05) is 11.6 Å². The molecule has 1 aromatic rings. The number of fused-ring (bicyclic) bond motifs is 1. The van der Waals surface area contributed by atoms with Crippen molar-refractivity contribution in [3.05, 3.63) is 23.2 Å². The molecule has 5 nitrogen and oxygen atoms in total. The van der Waals surface area contributed by atoms with Crippen LogP contribution in [0.5, 0.6) is 5.75 Å². The second kappa shape index (κ2) is 4.49. The van der Waals surface area contributed by atoms with E-state index in [9.17, 15) is 9.59 Å². The lowest BCUT2D eigenvalue weighted by Gasteiger charge is -2.33. The van der Waals surface area contributed by atoms with Crippen LogP contribution >= 0.6 is 11.6 Å². The van der Waals surface area contributed by atoms with E-state index in [-0.39, 0.29) is 0 Å². The molecule has 0 saturated heterocycles. The molecule has 6 heteroatoms. The number of hydrogen-bond acceptors (Lipinski definition) is 3. The van der Waals surface area contributed by atoms with Gasteiger partial charge in [-0.2, -0.15) is 0 Å². The van der Waals surface area contributed by atoms with Crippen molar-refractivity contribution in [3.63, 3.8) is 0 Å². The number of benzene rings is 1. The van der Waals surface area contributed by atoms with E-state index in [1.54, 1.807) is 25.1 Å². The molecule has 1 atom stereocenters. The quantitative estimate of drug-likeness (QED) is 0.800. The second-order valence-corrected chi connectivity index (χ2v) is 4.53. The van der Waals surface area contributed by atoms with Gasteiger partial charge < -0.3 is 15.4 Å². The predicted molar refractivity (Wildman–Crippen MR) is 67.8 cm³/mol. The molecule has 0 aliphatic carbocycles. The van der Waals surface area contributed by atoms with Crippen molar-refractivity contribution in [2.75, 3.05) is 11.9 Å². The van der Waals surface area contributed by atoms with E-state index in [2.05, 4.69) is 10.6 Å². The Labute approximate surface area is 109 Å². The number of halogens is 1. The normalized spacial score (nSPS) is 21.6. The molecule has 2 rings (SSSR count). The van der Waals surface area contributed by atoms with Gasteiger partial charge in [0.2, 0.25) is 0 Å². The summed E-state index contributed by atoms with van der Waals surface area (Å²) in [5, 5.41) is 5.68.